The number of carbonyl (C=O) groups is 2. The summed E-state index contributed by atoms with van der Waals surface area (Å²) in [7, 11) is 0. The Balaban J connectivity index is 2.60. The normalized spacial score (nSPS) is 10.7. The van der Waals surface area contributed by atoms with Gasteiger partial charge in [-0.2, -0.15) is 0 Å². The molecule has 1 rings (SSSR count). The van der Waals surface area contributed by atoms with Crippen LogP contribution >= 0.6 is 0 Å². The van der Waals surface area contributed by atoms with E-state index in [2.05, 4.69) is 10.6 Å². The Morgan fingerprint density at radius 2 is 1.84 bits per heavy atom. The lowest BCUT2D eigenvalue weighted by atomic mass is 10.1. The fourth-order valence-corrected chi connectivity index (χ4v) is 1.30. The van der Waals surface area contributed by atoms with Gasteiger partial charge < -0.3 is 20.5 Å². The van der Waals surface area contributed by atoms with Gasteiger partial charge in [-0.25, -0.2) is 9.59 Å². The number of benzene rings is 1. The number of rotatable bonds is 5. The van der Waals surface area contributed by atoms with Crippen LogP contribution in [-0.2, 0) is 4.79 Å². The lowest BCUT2D eigenvalue weighted by Crippen LogP contribution is -2.51. The van der Waals surface area contributed by atoms with Gasteiger partial charge in [-0.1, -0.05) is 0 Å². The molecule has 3 N–H and O–H groups in total. The Bertz CT molecular complexity index is 454. The third-order valence-corrected chi connectivity index (χ3v) is 2.38. The number of carboxylic acids is 1. The minimum atomic E-state index is -1.32. The van der Waals surface area contributed by atoms with E-state index in [0.717, 1.165) is 0 Å². The third kappa shape index (κ3) is 4.50. The predicted octanol–water partition coefficient (Wildman–Crippen LogP) is 2.07. The molecule has 1 aromatic carbocycles. The van der Waals surface area contributed by atoms with Gasteiger partial charge in [0.25, 0.3) is 0 Å². The van der Waals surface area contributed by atoms with Crippen LogP contribution in [0.15, 0.2) is 24.3 Å². The smallest absolute Gasteiger partial charge is 0.328 e. The maximum atomic E-state index is 11.6. The number of nitrogens with one attached hydrogen (secondary N) is 2. The Hall–Kier alpha value is -2.24. The summed E-state index contributed by atoms with van der Waals surface area (Å²) >= 11 is 0. The van der Waals surface area contributed by atoms with Crippen LogP contribution in [0, 0.1) is 0 Å². The van der Waals surface area contributed by atoms with Gasteiger partial charge in [-0.05, 0) is 45.0 Å². The number of carbonyl (C=O) groups excluding carboxylic acids is 1. The maximum Gasteiger partial charge on any atom is 0.328 e. The van der Waals surface area contributed by atoms with Crippen LogP contribution in [0.5, 0.6) is 5.75 Å². The molecule has 0 unspecified atom stereocenters. The van der Waals surface area contributed by atoms with Gasteiger partial charge in [0.15, 0.2) is 0 Å². The van der Waals surface area contributed by atoms with Crippen molar-refractivity contribution in [2.24, 2.45) is 0 Å². The second-order valence-electron chi connectivity index (χ2n) is 4.47. The number of carboxylic acid groups (broad SMARTS) is 1. The van der Waals surface area contributed by atoms with E-state index >= 15 is 0 Å². The van der Waals surface area contributed by atoms with E-state index in [1.54, 1.807) is 24.3 Å². The van der Waals surface area contributed by atoms with Crippen LogP contribution in [0.4, 0.5) is 10.5 Å². The molecule has 6 nitrogen and oxygen atoms in total. The van der Waals surface area contributed by atoms with Crippen molar-refractivity contribution in [2.45, 2.75) is 26.3 Å². The Morgan fingerprint density at radius 1 is 1.26 bits per heavy atom. The zero-order valence-electron chi connectivity index (χ0n) is 11.2. The predicted molar refractivity (Wildman–Crippen MR) is 71.5 cm³/mol. The Morgan fingerprint density at radius 3 is 2.32 bits per heavy atom. The van der Waals surface area contributed by atoms with E-state index in [1.807, 2.05) is 6.92 Å². The van der Waals surface area contributed by atoms with Crippen LogP contribution in [0.1, 0.15) is 20.8 Å². The van der Waals surface area contributed by atoms with Crippen molar-refractivity contribution in [1.29, 1.82) is 0 Å². The average molecular weight is 266 g/mol. The lowest BCUT2D eigenvalue weighted by molar-refractivity contribution is -0.142. The SMILES string of the molecule is CCOc1ccc(NC(=O)NC(C)(C)C(=O)O)cc1. The molecule has 2 amide bonds. The molecule has 0 atom stereocenters. The zero-order chi connectivity index (χ0) is 14.5. The van der Waals surface area contributed by atoms with Crippen LogP contribution in [0.25, 0.3) is 0 Å². The van der Waals surface area contributed by atoms with Crippen LogP contribution in [0.3, 0.4) is 0 Å². The van der Waals surface area contributed by atoms with Crippen molar-refractivity contribution in [2.75, 3.05) is 11.9 Å². The van der Waals surface area contributed by atoms with Gasteiger partial charge in [0, 0.05) is 5.69 Å². The molecule has 0 aliphatic carbocycles. The van der Waals surface area contributed by atoms with Gasteiger partial charge in [0.1, 0.15) is 11.3 Å². The third-order valence-electron chi connectivity index (χ3n) is 2.38. The van der Waals surface area contributed by atoms with E-state index < -0.39 is 17.5 Å². The summed E-state index contributed by atoms with van der Waals surface area (Å²) in [6, 6.07) is 6.23. The molecule has 0 aliphatic heterocycles. The van der Waals surface area contributed by atoms with Gasteiger partial charge in [-0.15, -0.1) is 0 Å². The molecule has 0 bridgehead atoms. The molecule has 1 aromatic rings. The number of hydrogen-bond acceptors (Lipinski definition) is 3. The van der Waals surface area contributed by atoms with Gasteiger partial charge in [-0.3, -0.25) is 0 Å². The highest BCUT2D eigenvalue weighted by molar-refractivity contribution is 5.93. The molecule has 0 aliphatic rings. The summed E-state index contributed by atoms with van der Waals surface area (Å²) in [6.45, 7) is 5.27. The maximum absolute atomic E-state index is 11.6. The number of amides is 2. The van der Waals surface area contributed by atoms with E-state index in [4.69, 9.17) is 9.84 Å². The Labute approximate surface area is 111 Å². The summed E-state index contributed by atoms with van der Waals surface area (Å²) in [5, 5.41) is 13.8. The first-order chi connectivity index (χ1) is 8.85. The summed E-state index contributed by atoms with van der Waals surface area (Å²) in [5.41, 5.74) is -0.767. The highest BCUT2D eigenvalue weighted by atomic mass is 16.5. The Kier molecular flexibility index (Phi) is 4.74. The van der Waals surface area contributed by atoms with Crippen molar-refractivity contribution in [3.63, 3.8) is 0 Å². The fourth-order valence-electron chi connectivity index (χ4n) is 1.30. The highest BCUT2D eigenvalue weighted by Crippen LogP contribution is 2.15. The minimum absolute atomic E-state index is 0.558. The van der Waals surface area contributed by atoms with Gasteiger partial charge >= 0.3 is 12.0 Å². The number of hydrogen-bond donors (Lipinski definition) is 3. The molecular weight excluding hydrogens is 248 g/mol. The standard InChI is InChI=1S/C13H18N2O4/c1-4-19-10-7-5-9(6-8-10)14-12(18)15-13(2,3)11(16)17/h5-8H,4H2,1-3H3,(H,16,17)(H2,14,15,18). The first-order valence-corrected chi connectivity index (χ1v) is 5.90. The second kappa shape index (κ2) is 6.08. The fraction of sp³-hybridized carbons (Fsp3) is 0.385. The molecular formula is C13H18N2O4. The molecule has 0 heterocycles. The first-order valence-electron chi connectivity index (χ1n) is 5.90. The monoisotopic (exact) mass is 266 g/mol. The molecule has 0 spiro atoms. The van der Waals surface area contributed by atoms with Crippen molar-refractivity contribution in [3.05, 3.63) is 24.3 Å². The summed E-state index contributed by atoms with van der Waals surface area (Å²) < 4.78 is 5.27. The second-order valence-corrected chi connectivity index (χ2v) is 4.47. The molecule has 19 heavy (non-hydrogen) atoms. The zero-order valence-corrected chi connectivity index (χ0v) is 11.2. The molecule has 0 saturated carbocycles. The van der Waals surface area contributed by atoms with Gasteiger partial charge in [0.05, 0.1) is 6.61 Å². The van der Waals surface area contributed by atoms with E-state index in [1.165, 1.54) is 13.8 Å². The van der Waals surface area contributed by atoms with Crippen molar-refractivity contribution < 1.29 is 19.4 Å². The molecule has 0 aromatic heterocycles. The molecule has 104 valence electrons. The summed E-state index contributed by atoms with van der Waals surface area (Å²) in [5.74, 6) is -0.395. The van der Waals surface area contributed by atoms with E-state index in [9.17, 15) is 9.59 Å². The lowest BCUT2D eigenvalue weighted by Gasteiger charge is -2.21. The molecule has 0 fully saturated rings. The largest absolute Gasteiger partial charge is 0.494 e. The van der Waals surface area contributed by atoms with Crippen LogP contribution in [-0.4, -0.2) is 29.3 Å². The number of aliphatic carboxylic acids is 1. The molecule has 0 radical (unpaired) electrons. The highest BCUT2D eigenvalue weighted by Gasteiger charge is 2.28. The average Bonchev–Trinajstić information content (AvgIpc) is 2.31. The van der Waals surface area contributed by atoms with Crippen molar-refractivity contribution in [3.8, 4) is 5.75 Å². The van der Waals surface area contributed by atoms with Crippen molar-refractivity contribution in [1.82, 2.24) is 5.32 Å². The number of urea groups is 1. The summed E-state index contributed by atoms with van der Waals surface area (Å²) in [6.07, 6.45) is 0. The van der Waals surface area contributed by atoms with E-state index in [0.29, 0.717) is 18.0 Å². The van der Waals surface area contributed by atoms with Gasteiger partial charge in [0.2, 0.25) is 0 Å². The molecule has 6 heteroatoms. The number of ether oxygens (including phenoxy) is 1. The quantitative estimate of drug-likeness (QED) is 0.761. The minimum Gasteiger partial charge on any atom is -0.494 e. The van der Waals surface area contributed by atoms with Crippen LogP contribution in [0.2, 0.25) is 0 Å². The van der Waals surface area contributed by atoms with Crippen LogP contribution < -0.4 is 15.4 Å². The van der Waals surface area contributed by atoms with Crippen molar-refractivity contribution >= 4 is 17.7 Å². The number of anilines is 1. The first kappa shape index (κ1) is 14.8. The summed E-state index contributed by atoms with van der Waals surface area (Å²) in [4.78, 5) is 22.5. The molecule has 0 saturated heterocycles. The topological polar surface area (TPSA) is 87.7 Å². The van der Waals surface area contributed by atoms with E-state index in [-0.39, 0.29) is 0 Å².